The second-order valence-electron chi connectivity index (χ2n) is 6.47. The minimum Gasteiger partial charge on any atom is -0.484 e. The molecule has 0 aliphatic heterocycles. The van der Waals surface area contributed by atoms with Crippen LogP contribution >= 0.6 is 11.6 Å². The molecule has 0 bridgehead atoms. The van der Waals surface area contributed by atoms with Crippen LogP contribution in [-0.4, -0.2) is 27.5 Å². The van der Waals surface area contributed by atoms with E-state index in [1.54, 1.807) is 18.2 Å². The number of hydrogen-bond donors (Lipinski definition) is 2. The Bertz CT molecular complexity index is 896. The smallest absolute Gasteiger partial charge is 0.262 e. The fourth-order valence-corrected chi connectivity index (χ4v) is 3.54. The normalized spacial score (nSPS) is 11.4. The molecule has 0 fully saturated rings. The molecule has 0 saturated heterocycles. The number of sulfonamides is 1. The van der Waals surface area contributed by atoms with Crippen LogP contribution in [0.15, 0.2) is 47.4 Å². The number of carbonyl (C=O) groups excluding carboxylic acids is 1. The number of anilines is 1. The van der Waals surface area contributed by atoms with E-state index in [1.807, 2.05) is 20.8 Å². The van der Waals surface area contributed by atoms with E-state index < -0.39 is 10.0 Å². The van der Waals surface area contributed by atoms with Gasteiger partial charge in [0.15, 0.2) is 6.61 Å². The molecule has 1 amide bonds. The predicted molar refractivity (Wildman–Crippen MR) is 107 cm³/mol. The number of rotatable bonds is 8. The van der Waals surface area contributed by atoms with Gasteiger partial charge in [-0.2, -0.15) is 0 Å². The van der Waals surface area contributed by atoms with Crippen LogP contribution in [-0.2, 0) is 14.8 Å². The van der Waals surface area contributed by atoms with Crippen molar-refractivity contribution in [3.8, 4) is 5.75 Å². The summed E-state index contributed by atoms with van der Waals surface area (Å²) in [5, 5.41) is 3.30. The van der Waals surface area contributed by atoms with Crippen molar-refractivity contribution in [2.24, 2.45) is 5.92 Å². The maximum Gasteiger partial charge on any atom is 0.262 e. The second-order valence-corrected chi connectivity index (χ2v) is 8.64. The van der Waals surface area contributed by atoms with Gasteiger partial charge in [-0.3, -0.25) is 4.79 Å². The van der Waals surface area contributed by atoms with Crippen LogP contribution in [0.4, 0.5) is 5.69 Å². The first-order valence-electron chi connectivity index (χ1n) is 8.46. The van der Waals surface area contributed by atoms with E-state index in [0.29, 0.717) is 23.0 Å². The summed E-state index contributed by atoms with van der Waals surface area (Å²) in [5.74, 6) is 0.274. The van der Waals surface area contributed by atoms with Crippen LogP contribution in [0, 0.1) is 12.8 Å². The van der Waals surface area contributed by atoms with E-state index >= 15 is 0 Å². The predicted octanol–water partition coefficient (Wildman–Crippen LogP) is 3.60. The molecule has 0 aliphatic carbocycles. The van der Waals surface area contributed by atoms with Crippen LogP contribution in [0.3, 0.4) is 0 Å². The summed E-state index contributed by atoms with van der Waals surface area (Å²) in [6.45, 7) is 5.82. The molecule has 0 spiro atoms. The third-order valence-corrected chi connectivity index (χ3v) is 5.58. The van der Waals surface area contributed by atoms with Crippen LogP contribution in [0.25, 0.3) is 0 Å². The molecule has 0 saturated carbocycles. The van der Waals surface area contributed by atoms with E-state index in [-0.39, 0.29) is 23.3 Å². The SMILES string of the molecule is Cc1c(Cl)cccc1NC(=O)COc1ccc(S(=O)(=O)NCC(C)C)cc1. The van der Waals surface area contributed by atoms with Crippen LogP contribution < -0.4 is 14.8 Å². The summed E-state index contributed by atoms with van der Waals surface area (Å²) in [6.07, 6.45) is 0. The molecule has 0 atom stereocenters. The minimum atomic E-state index is -3.55. The van der Waals surface area contributed by atoms with Gasteiger partial charge in [-0.15, -0.1) is 0 Å². The lowest BCUT2D eigenvalue weighted by Gasteiger charge is -2.11. The maximum absolute atomic E-state index is 12.1. The third-order valence-electron chi connectivity index (χ3n) is 3.73. The fraction of sp³-hybridized carbons (Fsp3) is 0.316. The fourth-order valence-electron chi connectivity index (χ4n) is 2.15. The molecule has 0 heterocycles. The Morgan fingerprint density at radius 2 is 1.81 bits per heavy atom. The van der Waals surface area contributed by atoms with Crippen molar-refractivity contribution in [1.29, 1.82) is 0 Å². The number of benzene rings is 2. The summed E-state index contributed by atoms with van der Waals surface area (Å²) >= 11 is 6.02. The minimum absolute atomic E-state index is 0.148. The third kappa shape index (κ3) is 6.23. The number of nitrogens with one attached hydrogen (secondary N) is 2. The van der Waals surface area contributed by atoms with Gasteiger partial charge in [-0.25, -0.2) is 13.1 Å². The molecular weight excluding hydrogens is 388 g/mol. The lowest BCUT2D eigenvalue weighted by molar-refractivity contribution is -0.118. The second kappa shape index (κ2) is 9.21. The molecule has 2 rings (SSSR count). The van der Waals surface area contributed by atoms with Gasteiger partial charge in [0.05, 0.1) is 4.90 Å². The van der Waals surface area contributed by atoms with Gasteiger partial charge in [0.1, 0.15) is 5.75 Å². The van der Waals surface area contributed by atoms with E-state index in [4.69, 9.17) is 16.3 Å². The van der Waals surface area contributed by atoms with Crippen molar-refractivity contribution in [2.75, 3.05) is 18.5 Å². The van der Waals surface area contributed by atoms with Crippen molar-refractivity contribution >= 4 is 33.2 Å². The van der Waals surface area contributed by atoms with Crippen LogP contribution in [0.1, 0.15) is 19.4 Å². The Balaban J connectivity index is 1.93. The number of amides is 1. The molecule has 8 heteroatoms. The number of ether oxygens (including phenoxy) is 1. The van der Waals surface area contributed by atoms with Crippen molar-refractivity contribution < 1.29 is 17.9 Å². The summed E-state index contributed by atoms with van der Waals surface area (Å²) in [4.78, 5) is 12.2. The highest BCUT2D eigenvalue weighted by molar-refractivity contribution is 7.89. The van der Waals surface area contributed by atoms with Gasteiger partial charge in [0, 0.05) is 17.3 Å². The first-order chi connectivity index (χ1) is 12.7. The molecule has 146 valence electrons. The zero-order valence-electron chi connectivity index (χ0n) is 15.5. The molecule has 27 heavy (non-hydrogen) atoms. The van der Waals surface area contributed by atoms with Crippen molar-refractivity contribution in [3.05, 3.63) is 53.1 Å². The van der Waals surface area contributed by atoms with Crippen LogP contribution in [0.2, 0.25) is 5.02 Å². The highest BCUT2D eigenvalue weighted by Gasteiger charge is 2.14. The van der Waals surface area contributed by atoms with Gasteiger partial charge in [-0.1, -0.05) is 31.5 Å². The Labute approximate surface area is 164 Å². The first kappa shape index (κ1) is 21.2. The summed E-state index contributed by atoms with van der Waals surface area (Å²) in [7, 11) is -3.55. The molecule has 0 aliphatic rings. The molecule has 0 aromatic heterocycles. The Hall–Kier alpha value is -2.09. The van der Waals surface area contributed by atoms with Crippen LogP contribution in [0.5, 0.6) is 5.75 Å². The van der Waals surface area contributed by atoms with E-state index in [9.17, 15) is 13.2 Å². The van der Waals surface area contributed by atoms with Gasteiger partial charge in [0.2, 0.25) is 10.0 Å². The highest BCUT2D eigenvalue weighted by atomic mass is 35.5. The molecular formula is C19H23ClN2O4S. The Kier molecular flexibility index (Phi) is 7.24. The molecule has 0 unspecified atom stereocenters. The lowest BCUT2D eigenvalue weighted by Crippen LogP contribution is -2.27. The topological polar surface area (TPSA) is 84.5 Å². The van der Waals surface area contributed by atoms with Gasteiger partial charge in [-0.05, 0) is 54.8 Å². The molecule has 2 aromatic rings. The van der Waals surface area contributed by atoms with Crippen molar-refractivity contribution in [3.63, 3.8) is 0 Å². The average molecular weight is 411 g/mol. The number of hydrogen-bond acceptors (Lipinski definition) is 4. The summed E-state index contributed by atoms with van der Waals surface area (Å²) in [5.41, 5.74) is 1.39. The Morgan fingerprint density at radius 3 is 2.44 bits per heavy atom. The quantitative estimate of drug-likeness (QED) is 0.696. The zero-order chi connectivity index (χ0) is 20.0. The van der Waals surface area contributed by atoms with Gasteiger partial charge < -0.3 is 10.1 Å². The summed E-state index contributed by atoms with van der Waals surface area (Å²) in [6, 6.07) is 11.2. The Morgan fingerprint density at radius 1 is 1.15 bits per heavy atom. The molecule has 2 N–H and O–H groups in total. The number of halogens is 1. The maximum atomic E-state index is 12.1. The average Bonchev–Trinajstić information content (AvgIpc) is 2.62. The monoisotopic (exact) mass is 410 g/mol. The van der Waals surface area contributed by atoms with E-state index in [0.717, 1.165) is 5.56 Å². The molecule has 0 radical (unpaired) electrons. The van der Waals surface area contributed by atoms with E-state index in [1.165, 1.54) is 24.3 Å². The standard InChI is InChI=1S/C19H23ClN2O4S/c1-13(2)11-21-27(24,25)16-9-7-15(8-10-16)26-12-19(23)22-18-6-4-5-17(20)14(18)3/h4-10,13,21H,11-12H2,1-3H3,(H,22,23). The largest absolute Gasteiger partial charge is 0.484 e. The lowest BCUT2D eigenvalue weighted by atomic mass is 10.2. The van der Waals surface area contributed by atoms with Crippen molar-refractivity contribution in [1.82, 2.24) is 4.72 Å². The zero-order valence-corrected chi connectivity index (χ0v) is 17.0. The molecule has 6 nitrogen and oxygen atoms in total. The first-order valence-corrected chi connectivity index (χ1v) is 10.3. The molecule has 2 aromatic carbocycles. The highest BCUT2D eigenvalue weighted by Crippen LogP contribution is 2.23. The van der Waals surface area contributed by atoms with E-state index in [2.05, 4.69) is 10.0 Å². The van der Waals surface area contributed by atoms with Gasteiger partial charge >= 0.3 is 0 Å². The summed E-state index contributed by atoms with van der Waals surface area (Å²) < 4.78 is 32.3. The van der Waals surface area contributed by atoms with Gasteiger partial charge in [0.25, 0.3) is 5.91 Å². The number of carbonyl (C=O) groups is 1. The van der Waals surface area contributed by atoms with Crippen molar-refractivity contribution in [2.45, 2.75) is 25.7 Å².